The number of rotatable bonds is 3. The molecular weight excluding hydrogens is 325 g/mol. The molecule has 0 aliphatic carbocycles. The van der Waals surface area contributed by atoms with Gasteiger partial charge in [-0.25, -0.2) is 9.18 Å². The molecule has 128 valence electrons. The van der Waals surface area contributed by atoms with Crippen molar-refractivity contribution in [2.45, 2.75) is 31.5 Å². The number of furan rings is 1. The van der Waals surface area contributed by atoms with Crippen molar-refractivity contribution in [3.05, 3.63) is 46.7 Å². The van der Waals surface area contributed by atoms with E-state index in [2.05, 4.69) is 10.3 Å². The molecule has 1 fully saturated rings. The number of aromatic nitrogens is 2. The summed E-state index contributed by atoms with van der Waals surface area (Å²) in [5.74, 6) is -2.27. The van der Waals surface area contributed by atoms with Crippen molar-refractivity contribution < 1.29 is 28.6 Å². The molecule has 1 aliphatic heterocycles. The van der Waals surface area contributed by atoms with Crippen LogP contribution in [0, 0.1) is 5.82 Å². The number of hydrogen-bond donors (Lipinski definition) is 3. The highest BCUT2D eigenvalue weighted by molar-refractivity contribution is 6.03. The van der Waals surface area contributed by atoms with Crippen LogP contribution in [0.5, 0.6) is 0 Å². The van der Waals surface area contributed by atoms with Gasteiger partial charge >= 0.3 is 5.69 Å². The van der Waals surface area contributed by atoms with Gasteiger partial charge in [-0.3, -0.25) is 9.36 Å². The molecule has 1 saturated heterocycles. The van der Waals surface area contributed by atoms with E-state index < -0.39 is 47.8 Å². The smallest absolute Gasteiger partial charge is 0.351 e. The van der Waals surface area contributed by atoms with Crippen LogP contribution in [0.15, 0.2) is 34.0 Å². The fraction of sp³-hybridized carbons (Fsp3) is 0.357. The van der Waals surface area contributed by atoms with Crippen LogP contribution in [-0.4, -0.2) is 44.0 Å². The van der Waals surface area contributed by atoms with Crippen LogP contribution in [0.25, 0.3) is 0 Å². The summed E-state index contributed by atoms with van der Waals surface area (Å²) in [6.45, 7) is 1.50. The largest absolute Gasteiger partial charge is 0.472 e. The fourth-order valence-corrected chi connectivity index (χ4v) is 2.35. The molecule has 0 spiro atoms. The topological polar surface area (TPSA) is 127 Å². The van der Waals surface area contributed by atoms with Crippen LogP contribution in [0.1, 0.15) is 23.5 Å². The van der Waals surface area contributed by atoms with Gasteiger partial charge < -0.3 is 24.7 Å². The van der Waals surface area contributed by atoms with Crippen molar-refractivity contribution in [3.63, 3.8) is 0 Å². The molecule has 1 amide bonds. The molecule has 0 aromatic carbocycles. The first-order valence-electron chi connectivity index (χ1n) is 7.02. The molecule has 0 saturated carbocycles. The maximum absolute atomic E-state index is 14.1. The number of aliphatic hydroxyl groups is 2. The number of nitrogens with zero attached hydrogens (tertiary/aromatic N) is 2. The Hall–Kier alpha value is -2.56. The summed E-state index contributed by atoms with van der Waals surface area (Å²) < 4.78 is 24.9. The Bertz CT molecular complexity index is 805. The zero-order chi connectivity index (χ0) is 17.4. The lowest BCUT2D eigenvalue weighted by Gasteiger charge is -2.17. The highest BCUT2D eigenvalue weighted by Gasteiger charge is 2.42. The zero-order valence-corrected chi connectivity index (χ0v) is 12.4. The number of amides is 1. The molecule has 3 N–H and O–H groups in total. The average Bonchev–Trinajstić information content (AvgIpc) is 3.16. The number of ether oxygens (including phenoxy) is 1. The first kappa shape index (κ1) is 16.3. The van der Waals surface area contributed by atoms with Gasteiger partial charge in [0.1, 0.15) is 18.5 Å². The van der Waals surface area contributed by atoms with Crippen LogP contribution in [0.2, 0.25) is 0 Å². The molecule has 3 heterocycles. The van der Waals surface area contributed by atoms with E-state index in [1.54, 1.807) is 0 Å². The second-order valence-corrected chi connectivity index (χ2v) is 5.31. The van der Waals surface area contributed by atoms with Crippen molar-refractivity contribution >= 4 is 11.7 Å². The number of halogens is 1. The fourth-order valence-electron chi connectivity index (χ4n) is 2.35. The summed E-state index contributed by atoms with van der Waals surface area (Å²) in [5.41, 5.74) is -0.823. The molecule has 9 nitrogen and oxygen atoms in total. The van der Waals surface area contributed by atoms with E-state index in [4.69, 9.17) is 9.15 Å². The van der Waals surface area contributed by atoms with Gasteiger partial charge in [0, 0.05) is 0 Å². The number of aliphatic hydroxyl groups excluding tert-OH is 2. The summed E-state index contributed by atoms with van der Waals surface area (Å²) in [6.07, 6.45) is -1.47. The van der Waals surface area contributed by atoms with Crippen molar-refractivity contribution in [1.82, 2.24) is 9.55 Å². The van der Waals surface area contributed by atoms with Crippen LogP contribution < -0.4 is 11.0 Å². The Morgan fingerprint density at radius 3 is 2.75 bits per heavy atom. The Morgan fingerprint density at radius 2 is 2.17 bits per heavy atom. The van der Waals surface area contributed by atoms with Gasteiger partial charge in [0.2, 0.25) is 0 Å². The van der Waals surface area contributed by atoms with E-state index in [-0.39, 0.29) is 5.56 Å². The number of carbonyl (C=O) groups is 1. The summed E-state index contributed by atoms with van der Waals surface area (Å²) in [7, 11) is 0. The summed E-state index contributed by atoms with van der Waals surface area (Å²) >= 11 is 0. The predicted molar refractivity (Wildman–Crippen MR) is 76.7 cm³/mol. The van der Waals surface area contributed by atoms with E-state index in [0.29, 0.717) is 0 Å². The van der Waals surface area contributed by atoms with Crippen molar-refractivity contribution in [1.29, 1.82) is 0 Å². The van der Waals surface area contributed by atoms with Gasteiger partial charge in [0.25, 0.3) is 5.91 Å². The number of carbonyl (C=O) groups excluding carboxylic acids is 1. The summed E-state index contributed by atoms with van der Waals surface area (Å²) in [4.78, 5) is 27.3. The van der Waals surface area contributed by atoms with Gasteiger partial charge in [0.05, 0.1) is 24.1 Å². The summed E-state index contributed by atoms with van der Waals surface area (Å²) in [6, 6.07) is 1.36. The van der Waals surface area contributed by atoms with E-state index in [1.807, 2.05) is 0 Å². The Labute approximate surface area is 134 Å². The third-order valence-corrected chi connectivity index (χ3v) is 3.67. The molecule has 0 bridgehead atoms. The first-order chi connectivity index (χ1) is 11.4. The monoisotopic (exact) mass is 339 g/mol. The van der Waals surface area contributed by atoms with Crippen LogP contribution >= 0.6 is 0 Å². The van der Waals surface area contributed by atoms with Crippen LogP contribution in [-0.2, 0) is 4.74 Å². The van der Waals surface area contributed by atoms with Crippen LogP contribution in [0.3, 0.4) is 0 Å². The van der Waals surface area contributed by atoms with Gasteiger partial charge in [-0.2, -0.15) is 4.98 Å². The predicted octanol–water partition coefficient (Wildman–Crippen LogP) is -0.133. The van der Waals surface area contributed by atoms with E-state index in [9.17, 15) is 24.2 Å². The summed E-state index contributed by atoms with van der Waals surface area (Å²) in [5, 5.41) is 21.7. The van der Waals surface area contributed by atoms with E-state index >= 15 is 0 Å². The quantitative estimate of drug-likeness (QED) is 0.711. The zero-order valence-electron chi connectivity index (χ0n) is 12.4. The lowest BCUT2D eigenvalue weighted by atomic mass is 10.1. The number of nitrogens with one attached hydrogen (secondary N) is 1. The average molecular weight is 339 g/mol. The SMILES string of the molecule is C[C@H]1O[C@@H](n2cc(F)c(NC(=O)c3ccoc3)nc2=O)C(O)C1O. The molecule has 2 aromatic rings. The minimum atomic E-state index is -1.41. The minimum absolute atomic E-state index is 0.131. The highest BCUT2D eigenvalue weighted by atomic mass is 19.1. The van der Waals surface area contributed by atoms with Gasteiger partial charge in [-0.15, -0.1) is 0 Å². The normalized spacial score (nSPS) is 26.5. The standard InChI is InChI=1S/C14H14FN3O6/c1-6-9(19)10(20)13(24-6)18-4-8(15)11(17-14(18)22)16-12(21)7-2-3-23-5-7/h2-6,9-10,13,19-20H,1H3,(H,16,17,21,22)/t6-,9?,10?,13-/m1/s1. The van der Waals surface area contributed by atoms with Crippen molar-refractivity contribution in [2.24, 2.45) is 0 Å². The first-order valence-corrected chi connectivity index (χ1v) is 7.02. The molecule has 24 heavy (non-hydrogen) atoms. The highest BCUT2D eigenvalue weighted by Crippen LogP contribution is 2.28. The van der Waals surface area contributed by atoms with Crippen molar-refractivity contribution in [2.75, 3.05) is 5.32 Å². The Balaban J connectivity index is 1.87. The van der Waals surface area contributed by atoms with E-state index in [0.717, 1.165) is 17.0 Å². The minimum Gasteiger partial charge on any atom is -0.472 e. The van der Waals surface area contributed by atoms with E-state index in [1.165, 1.54) is 19.3 Å². The second kappa shape index (κ2) is 6.15. The molecule has 1 aliphatic rings. The molecule has 0 radical (unpaired) electrons. The van der Waals surface area contributed by atoms with Crippen LogP contribution in [0.4, 0.5) is 10.2 Å². The van der Waals surface area contributed by atoms with Gasteiger partial charge in [-0.05, 0) is 13.0 Å². The van der Waals surface area contributed by atoms with Gasteiger partial charge in [-0.1, -0.05) is 0 Å². The maximum atomic E-state index is 14.1. The lowest BCUT2D eigenvalue weighted by molar-refractivity contribution is -0.0355. The molecule has 4 atom stereocenters. The maximum Gasteiger partial charge on any atom is 0.351 e. The Morgan fingerprint density at radius 1 is 1.42 bits per heavy atom. The molecule has 2 aromatic heterocycles. The van der Waals surface area contributed by atoms with Gasteiger partial charge in [0.15, 0.2) is 17.9 Å². The molecular formula is C14H14FN3O6. The molecule has 2 unspecified atom stereocenters. The third-order valence-electron chi connectivity index (χ3n) is 3.67. The third kappa shape index (κ3) is 2.82. The van der Waals surface area contributed by atoms with Crippen molar-refractivity contribution in [3.8, 4) is 0 Å². The number of anilines is 1. The molecule has 10 heteroatoms. The second-order valence-electron chi connectivity index (χ2n) is 5.31. The lowest BCUT2D eigenvalue weighted by Crippen LogP contribution is -2.36. The Kier molecular flexibility index (Phi) is 4.18. The molecule has 3 rings (SSSR count). The number of hydrogen-bond acceptors (Lipinski definition) is 7.